The molecule has 26 heavy (non-hydrogen) atoms. The monoisotopic (exact) mass is 408 g/mol. The van der Waals surface area contributed by atoms with Gasteiger partial charge in [0.2, 0.25) is 5.91 Å². The summed E-state index contributed by atoms with van der Waals surface area (Å²) in [4.78, 5) is 19.2. The lowest BCUT2D eigenvalue weighted by molar-refractivity contribution is -0.125. The molecule has 130 valence electrons. The number of aromatic amines is 2. The molecule has 1 amide bonds. The number of piperazine rings is 1. The van der Waals surface area contributed by atoms with Crippen LogP contribution in [0.2, 0.25) is 0 Å². The molecule has 0 bridgehead atoms. The zero-order valence-corrected chi connectivity index (χ0v) is 15.4. The highest BCUT2D eigenvalue weighted by molar-refractivity contribution is 9.10. The van der Waals surface area contributed by atoms with Crippen LogP contribution in [0.15, 0.2) is 59.3 Å². The van der Waals surface area contributed by atoms with E-state index in [0.29, 0.717) is 6.54 Å². The van der Waals surface area contributed by atoms with Crippen LogP contribution in [0, 0.1) is 0 Å². The van der Waals surface area contributed by atoms with E-state index in [1.54, 1.807) is 0 Å². The summed E-state index contributed by atoms with van der Waals surface area (Å²) in [6, 6.07) is 13.9. The fraction of sp³-hybridized carbons (Fsp3) is 0.150. The maximum atomic E-state index is 12.6. The molecular formula is C20H17BrN4O. The van der Waals surface area contributed by atoms with E-state index in [1.165, 1.54) is 10.9 Å². The molecule has 2 aromatic carbocycles. The summed E-state index contributed by atoms with van der Waals surface area (Å²) in [5.41, 5.74) is 4.26. The second-order valence-electron chi connectivity index (χ2n) is 6.62. The number of benzene rings is 2. The van der Waals surface area contributed by atoms with Gasteiger partial charge in [0, 0.05) is 50.8 Å². The zero-order valence-electron chi connectivity index (χ0n) is 13.8. The van der Waals surface area contributed by atoms with Crippen molar-refractivity contribution in [2.24, 2.45) is 0 Å². The molecule has 1 aliphatic rings. The molecule has 0 aliphatic carbocycles. The molecular weight excluding hydrogens is 392 g/mol. The van der Waals surface area contributed by atoms with Crippen LogP contribution in [0.3, 0.4) is 0 Å². The quantitative estimate of drug-likeness (QED) is 0.405. The smallest absolute Gasteiger partial charge is 0.241 e. The van der Waals surface area contributed by atoms with Gasteiger partial charge in [-0.05, 0) is 23.8 Å². The number of rotatable bonds is 2. The number of fused-ring (bicyclic) bond motifs is 2. The van der Waals surface area contributed by atoms with E-state index in [1.807, 2.05) is 42.7 Å². The van der Waals surface area contributed by atoms with Crippen molar-refractivity contribution in [1.29, 1.82) is 0 Å². The van der Waals surface area contributed by atoms with Crippen LogP contribution >= 0.6 is 15.9 Å². The van der Waals surface area contributed by atoms with E-state index in [4.69, 9.17) is 0 Å². The van der Waals surface area contributed by atoms with Crippen molar-refractivity contribution in [2.45, 2.75) is 12.1 Å². The number of amides is 1. The molecule has 1 saturated heterocycles. The Morgan fingerprint density at radius 1 is 0.923 bits per heavy atom. The first-order valence-electron chi connectivity index (χ1n) is 8.57. The van der Waals surface area contributed by atoms with Crippen molar-refractivity contribution in [2.75, 3.05) is 6.54 Å². The van der Waals surface area contributed by atoms with Crippen molar-refractivity contribution in [3.63, 3.8) is 0 Å². The van der Waals surface area contributed by atoms with Gasteiger partial charge in [-0.3, -0.25) is 10.1 Å². The van der Waals surface area contributed by atoms with Crippen LogP contribution in [0.4, 0.5) is 0 Å². The van der Waals surface area contributed by atoms with E-state index in [2.05, 4.69) is 48.7 Å². The molecule has 1 fully saturated rings. The first kappa shape index (κ1) is 15.7. The maximum Gasteiger partial charge on any atom is 0.241 e. The van der Waals surface area contributed by atoms with Crippen molar-refractivity contribution in [1.82, 2.24) is 20.6 Å². The highest BCUT2D eigenvalue weighted by Gasteiger charge is 2.32. The van der Waals surface area contributed by atoms with Gasteiger partial charge < -0.3 is 15.3 Å². The second-order valence-corrected chi connectivity index (χ2v) is 7.54. The van der Waals surface area contributed by atoms with Crippen molar-refractivity contribution >= 4 is 43.6 Å². The fourth-order valence-electron chi connectivity index (χ4n) is 3.81. The Morgan fingerprint density at radius 3 is 2.62 bits per heavy atom. The lowest BCUT2D eigenvalue weighted by Gasteiger charge is -2.31. The molecule has 2 atom stereocenters. The average Bonchev–Trinajstić information content (AvgIpc) is 3.26. The SMILES string of the molecule is O=C1NC[C@H](c2c[nH]c3ccccc23)N[C@@H]1c1c[nH]c2cc(Br)ccc12. The predicted octanol–water partition coefficient (Wildman–Crippen LogP) is 3.91. The first-order chi connectivity index (χ1) is 12.7. The van der Waals surface area contributed by atoms with Crippen LogP contribution in [0.25, 0.3) is 21.8 Å². The Morgan fingerprint density at radius 2 is 1.69 bits per heavy atom. The summed E-state index contributed by atoms with van der Waals surface area (Å²) in [5.74, 6) is 0.00455. The third-order valence-electron chi connectivity index (χ3n) is 5.09. The van der Waals surface area contributed by atoms with Crippen LogP contribution in [-0.2, 0) is 4.79 Å². The highest BCUT2D eigenvalue weighted by atomic mass is 79.9. The van der Waals surface area contributed by atoms with Gasteiger partial charge in [0.25, 0.3) is 0 Å². The summed E-state index contributed by atoms with van der Waals surface area (Å²) < 4.78 is 1.01. The molecule has 1 aliphatic heterocycles. The molecule has 0 saturated carbocycles. The first-order valence-corrected chi connectivity index (χ1v) is 9.36. The molecule has 5 nitrogen and oxygen atoms in total. The molecule has 5 rings (SSSR count). The molecule has 2 aromatic heterocycles. The Labute approximate surface area is 158 Å². The number of aromatic nitrogens is 2. The standard InChI is InChI=1S/C20H17BrN4O/c21-11-5-6-13-15(9-23-17(13)7-11)19-20(26)24-10-18(25-19)14-8-22-16-4-2-1-3-12(14)16/h1-9,18-19,22-23,25H,10H2,(H,24,26)/t18-,19-/m1/s1. The normalized spacial score (nSPS) is 20.6. The van der Waals surface area contributed by atoms with E-state index >= 15 is 0 Å². The number of hydrogen-bond acceptors (Lipinski definition) is 2. The van der Waals surface area contributed by atoms with Crippen molar-refractivity contribution in [3.05, 3.63) is 70.5 Å². The largest absolute Gasteiger partial charge is 0.361 e. The topological polar surface area (TPSA) is 72.7 Å². The summed E-state index contributed by atoms with van der Waals surface area (Å²) in [6.07, 6.45) is 3.95. The van der Waals surface area contributed by atoms with E-state index in [-0.39, 0.29) is 11.9 Å². The summed E-state index contributed by atoms with van der Waals surface area (Å²) in [7, 11) is 0. The Kier molecular flexibility index (Phi) is 3.62. The minimum absolute atomic E-state index is 0.00455. The number of para-hydroxylation sites is 1. The van der Waals surface area contributed by atoms with Gasteiger partial charge in [0.15, 0.2) is 0 Å². The molecule has 0 unspecified atom stereocenters. The Balaban J connectivity index is 1.53. The van der Waals surface area contributed by atoms with Gasteiger partial charge in [-0.15, -0.1) is 0 Å². The number of carbonyl (C=O) groups is 1. The third kappa shape index (κ3) is 2.45. The van der Waals surface area contributed by atoms with E-state index in [9.17, 15) is 4.79 Å². The third-order valence-corrected chi connectivity index (χ3v) is 5.59. The molecule has 4 N–H and O–H groups in total. The van der Waals surface area contributed by atoms with Crippen LogP contribution in [0.5, 0.6) is 0 Å². The lowest BCUT2D eigenvalue weighted by Crippen LogP contribution is -2.49. The van der Waals surface area contributed by atoms with E-state index in [0.717, 1.165) is 26.5 Å². The fourth-order valence-corrected chi connectivity index (χ4v) is 4.17. The minimum atomic E-state index is -0.391. The van der Waals surface area contributed by atoms with Crippen molar-refractivity contribution < 1.29 is 4.79 Å². The van der Waals surface area contributed by atoms with Crippen molar-refractivity contribution in [3.8, 4) is 0 Å². The Bertz CT molecular complexity index is 1130. The van der Waals surface area contributed by atoms with Gasteiger partial charge in [-0.25, -0.2) is 0 Å². The molecule has 6 heteroatoms. The summed E-state index contributed by atoms with van der Waals surface area (Å²) >= 11 is 3.49. The van der Waals surface area contributed by atoms with Crippen LogP contribution in [0.1, 0.15) is 23.2 Å². The van der Waals surface area contributed by atoms with Gasteiger partial charge in [0.05, 0.1) is 6.04 Å². The maximum absolute atomic E-state index is 12.6. The number of H-pyrrole nitrogens is 2. The number of carbonyl (C=O) groups excluding carboxylic acids is 1. The summed E-state index contributed by atoms with van der Waals surface area (Å²) in [6.45, 7) is 0.574. The molecule has 3 heterocycles. The van der Waals surface area contributed by atoms with Gasteiger partial charge in [-0.2, -0.15) is 0 Å². The van der Waals surface area contributed by atoms with Gasteiger partial charge in [-0.1, -0.05) is 40.2 Å². The van der Waals surface area contributed by atoms with Crippen LogP contribution < -0.4 is 10.6 Å². The number of hydrogen-bond donors (Lipinski definition) is 4. The zero-order chi connectivity index (χ0) is 17.7. The molecule has 4 aromatic rings. The second kappa shape index (κ2) is 6.00. The average molecular weight is 409 g/mol. The lowest BCUT2D eigenvalue weighted by atomic mass is 9.98. The van der Waals surface area contributed by atoms with Crippen LogP contribution in [-0.4, -0.2) is 22.4 Å². The number of halogens is 1. The van der Waals surface area contributed by atoms with Gasteiger partial charge in [0.1, 0.15) is 6.04 Å². The minimum Gasteiger partial charge on any atom is -0.361 e. The number of nitrogens with one attached hydrogen (secondary N) is 4. The van der Waals surface area contributed by atoms with E-state index < -0.39 is 6.04 Å². The summed E-state index contributed by atoms with van der Waals surface area (Å²) in [5, 5.41) is 8.84. The molecule has 0 spiro atoms. The van der Waals surface area contributed by atoms with Gasteiger partial charge >= 0.3 is 0 Å². The highest BCUT2D eigenvalue weighted by Crippen LogP contribution is 2.32. The molecule has 0 radical (unpaired) electrons. The Hall–Kier alpha value is -2.57. The predicted molar refractivity (Wildman–Crippen MR) is 106 cm³/mol.